The van der Waals surface area contributed by atoms with Crippen molar-refractivity contribution in [2.45, 2.75) is 52.6 Å². The molecule has 2 aromatic carbocycles. The molecular formula is C27H36N4O3. The zero-order valence-electron chi connectivity index (χ0n) is 20.8. The highest BCUT2D eigenvalue weighted by molar-refractivity contribution is 5.94. The summed E-state index contributed by atoms with van der Waals surface area (Å²) < 4.78 is 13.7. The third-order valence-corrected chi connectivity index (χ3v) is 6.08. The van der Waals surface area contributed by atoms with Crippen molar-refractivity contribution >= 4 is 22.6 Å². The Hall–Kier alpha value is -2.90. The maximum Gasteiger partial charge on any atom is 0.262 e. The van der Waals surface area contributed by atoms with Crippen molar-refractivity contribution in [3.8, 4) is 5.75 Å². The number of carbonyl (C=O) groups is 1. The standard InChI is InChI=1S/C27H36N4O3/c1-5-12-31-23-11-10-20(17-22(23)29-25(31)18-30-13-15-33-16-14-30)28-26(32)19-34-24-9-7-6-8-21(24)27(2,3)4/h6-11,17H,5,12-16,18-19H2,1-4H3,(H,28,32). The number of anilines is 1. The molecule has 0 atom stereocenters. The largest absolute Gasteiger partial charge is 0.483 e. The van der Waals surface area contributed by atoms with Crippen molar-refractivity contribution in [1.82, 2.24) is 14.5 Å². The lowest BCUT2D eigenvalue weighted by atomic mass is 9.86. The monoisotopic (exact) mass is 464 g/mol. The number of nitrogens with zero attached hydrogens (tertiary/aromatic N) is 3. The topological polar surface area (TPSA) is 68.6 Å². The van der Waals surface area contributed by atoms with E-state index in [1.165, 1.54) is 0 Å². The van der Waals surface area contributed by atoms with E-state index in [4.69, 9.17) is 14.5 Å². The van der Waals surface area contributed by atoms with Gasteiger partial charge in [0.05, 0.1) is 30.8 Å². The lowest BCUT2D eigenvalue weighted by Crippen LogP contribution is -2.36. The van der Waals surface area contributed by atoms with Crippen LogP contribution < -0.4 is 10.1 Å². The second-order valence-electron chi connectivity index (χ2n) is 9.85. The minimum atomic E-state index is -0.190. The number of carbonyl (C=O) groups excluding carboxylic acids is 1. The van der Waals surface area contributed by atoms with Gasteiger partial charge in [-0.25, -0.2) is 4.98 Å². The number of aromatic nitrogens is 2. The van der Waals surface area contributed by atoms with Gasteiger partial charge in [0.2, 0.25) is 0 Å². The summed E-state index contributed by atoms with van der Waals surface area (Å²) in [5, 5.41) is 2.96. The van der Waals surface area contributed by atoms with E-state index in [2.05, 4.69) is 42.5 Å². The van der Waals surface area contributed by atoms with E-state index in [1.807, 2.05) is 42.5 Å². The zero-order chi connectivity index (χ0) is 24.1. The predicted molar refractivity (Wildman–Crippen MR) is 135 cm³/mol. The van der Waals surface area contributed by atoms with Crippen LogP contribution in [0.3, 0.4) is 0 Å². The molecule has 1 aliphatic heterocycles. The number of rotatable bonds is 8. The van der Waals surface area contributed by atoms with Crippen LogP contribution >= 0.6 is 0 Å². The first-order chi connectivity index (χ1) is 16.3. The van der Waals surface area contributed by atoms with E-state index in [-0.39, 0.29) is 17.9 Å². The van der Waals surface area contributed by atoms with Gasteiger partial charge in [-0.15, -0.1) is 0 Å². The van der Waals surface area contributed by atoms with Gasteiger partial charge in [0.25, 0.3) is 5.91 Å². The lowest BCUT2D eigenvalue weighted by molar-refractivity contribution is -0.118. The molecule has 7 heteroatoms. The molecule has 1 saturated heterocycles. The fourth-order valence-corrected chi connectivity index (χ4v) is 4.36. The Kier molecular flexibility index (Phi) is 7.54. The van der Waals surface area contributed by atoms with E-state index in [0.29, 0.717) is 0 Å². The lowest BCUT2D eigenvalue weighted by Gasteiger charge is -2.26. The van der Waals surface area contributed by atoms with Crippen molar-refractivity contribution in [1.29, 1.82) is 0 Å². The number of morpholine rings is 1. The Morgan fingerprint density at radius 2 is 1.91 bits per heavy atom. The Bertz CT molecular complexity index is 1130. The minimum Gasteiger partial charge on any atom is -0.483 e. The van der Waals surface area contributed by atoms with Crippen molar-refractivity contribution in [2.75, 3.05) is 38.2 Å². The normalized spacial score (nSPS) is 14.9. The third kappa shape index (κ3) is 5.77. The van der Waals surface area contributed by atoms with E-state index < -0.39 is 0 Å². The highest BCUT2D eigenvalue weighted by Crippen LogP contribution is 2.31. The number of para-hydroxylation sites is 1. The highest BCUT2D eigenvalue weighted by atomic mass is 16.5. The number of imidazole rings is 1. The summed E-state index contributed by atoms with van der Waals surface area (Å²) in [7, 11) is 0. The van der Waals surface area contributed by atoms with Gasteiger partial charge in [0.1, 0.15) is 11.6 Å². The van der Waals surface area contributed by atoms with Gasteiger partial charge in [-0.2, -0.15) is 0 Å². The second-order valence-corrected chi connectivity index (χ2v) is 9.85. The quantitative estimate of drug-likeness (QED) is 0.528. The van der Waals surface area contributed by atoms with Crippen LogP contribution in [-0.4, -0.2) is 53.3 Å². The molecule has 34 heavy (non-hydrogen) atoms. The molecule has 0 spiro atoms. The Morgan fingerprint density at radius 1 is 1.15 bits per heavy atom. The van der Waals surface area contributed by atoms with E-state index in [1.54, 1.807) is 0 Å². The average molecular weight is 465 g/mol. The van der Waals surface area contributed by atoms with Gasteiger partial charge in [-0.05, 0) is 41.7 Å². The summed E-state index contributed by atoms with van der Waals surface area (Å²) in [6, 6.07) is 13.8. The van der Waals surface area contributed by atoms with Gasteiger partial charge in [-0.3, -0.25) is 9.69 Å². The van der Waals surface area contributed by atoms with E-state index >= 15 is 0 Å². The second kappa shape index (κ2) is 10.6. The molecule has 0 bridgehead atoms. The van der Waals surface area contributed by atoms with Gasteiger partial charge in [-0.1, -0.05) is 45.9 Å². The smallest absolute Gasteiger partial charge is 0.262 e. The number of nitrogens with one attached hydrogen (secondary N) is 1. The van der Waals surface area contributed by atoms with Crippen molar-refractivity contribution < 1.29 is 14.3 Å². The van der Waals surface area contributed by atoms with Gasteiger partial charge in [0, 0.05) is 25.3 Å². The number of amides is 1. The van der Waals surface area contributed by atoms with Crippen LogP contribution in [0.5, 0.6) is 5.75 Å². The fraction of sp³-hybridized carbons (Fsp3) is 0.481. The molecule has 182 valence electrons. The van der Waals surface area contributed by atoms with Crippen LogP contribution in [0.15, 0.2) is 42.5 Å². The summed E-state index contributed by atoms with van der Waals surface area (Å²) in [6.07, 6.45) is 1.04. The van der Waals surface area contributed by atoms with Gasteiger partial charge < -0.3 is 19.4 Å². The molecule has 4 rings (SSSR count). The summed E-state index contributed by atoms with van der Waals surface area (Å²) in [6.45, 7) is 13.7. The van der Waals surface area contributed by atoms with Gasteiger partial charge in [0.15, 0.2) is 6.61 Å². The number of fused-ring (bicyclic) bond motifs is 1. The summed E-state index contributed by atoms with van der Waals surface area (Å²) >= 11 is 0. The highest BCUT2D eigenvalue weighted by Gasteiger charge is 2.20. The molecule has 0 saturated carbocycles. The molecule has 1 N–H and O–H groups in total. The van der Waals surface area contributed by atoms with E-state index in [0.717, 1.165) is 79.7 Å². The molecule has 7 nitrogen and oxygen atoms in total. The van der Waals surface area contributed by atoms with Crippen molar-refractivity contribution in [3.63, 3.8) is 0 Å². The molecule has 0 aliphatic carbocycles. The molecule has 0 unspecified atom stereocenters. The van der Waals surface area contributed by atoms with Crippen LogP contribution in [0, 0.1) is 0 Å². The first-order valence-electron chi connectivity index (χ1n) is 12.2. The fourth-order valence-electron chi connectivity index (χ4n) is 4.36. The van der Waals surface area contributed by atoms with Crippen LogP contribution in [0.2, 0.25) is 0 Å². The van der Waals surface area contributed by atoms with Crippen LogP contribution in [0.25, 0.3) is 11.0 Å². The molecular weight excluding hydrogens is 428 g/mol. The van der Waals surface area contributed by atoms with Crippen molar-refractivity contribution in [2.24, 2.45) is 0 Å². The average Bonchev–Trinajstić information content (AvgIpc) is 3.14. The molecule has 0 radical (unpaired) electrons. The van der Waals surface area contributed by atoms with Gasteiger partial charge >= 0.3 is 0 Å². The third-order valence-electron chi connectivity index (χ3n) is 6.08. The number of aryl methyl sites for hydroxylation is 1. The van der Waals surface area contributed by atoms with Crippen molar-refractivity contribution in [3.05, 3.63) is 53.9 Å². The maximum absolute atomic E-state index is 12.6. The molecule has 2 heterocycles. The van der Waals surface area contributed by atoms with Crippen LogP contribution in [0.1, 0.15) is 45.5 Å². The predicted octanol–water partition coefficient (Wildman–Crippen LogP) is 4.59. The Labute approximate surface area is 202 Å². The summed E-state index contributed by atoms with van der Waals surface area (Å²) in [5.41, 5.74) is 3.74. The molecule has 3 aromatic rings. The van der Waals surface area contributed by atoms with Crippen LogP contribution in [0.4, 0.5) is 5.69 Å². The molecule has 1 fully saturated rings. The number of hydrogen-bond acceptors (Lipinski definition) is 5. The zero-order valence-corrected chi connectivity index (χ0v) is 20.8. The molecule has 1 aromatic heterocycles. The first-order valence-corrected chi connectivity index (χ1v) is 12.2. The van der Waals surface area contributed by atoms with E-state index in [9.17, 15) is 4.79 Å². The Balaban J connectivity index is 1.46. The summed E-state index contributed by atoms with van der Waals surface area (Å²) in [4.78, 5) is 19.9. The minimum absolute atomic E-state index is 0.0440. The summed E-state index contributed by atoms with van der Waals surface area (Å²) in [5.74, 6) is 1.61. The molecule has 1 amide bonds. The van der Waals surface area contributed by atoms with Crippen LogP contribution in [-0.2, 0) is 28.0 Å². The number of ether oxygens (including phenoxy) is 2. The number of benzene rings is 2. The number of hydrogen-bond donors (Lipinski definition) is 1. The maximum atomic E-state index is 12.6. The Morgan fingerprint density at radius 3 is 2.65 bits per heavy atom. The SMILES string of the molecule is CCCn1c(CN2CCOCC2)nc2cc(NC(=O)COc3ccccc3C(C)(C)C)ccc21. The molecule has 1 aliphatic rings. The first kappa shape index (κ1) is 24.2.